The highest BCUT2D eigenvalue weighted by Gasteiger charge is 2.18. The summed E-state index contributed by atoms with van der Waals surface area (Å²) in [6.45, 7) is 1.81. The van der Waals surface area contributed by atoms with E-state index in [1.165, 1.54) is 0 Å². The van der Waals surface area contributed by atoms with Crippen LogP contribution in [0.25, 0.3) is 0 Å². The van der Waals surface area contributed by atoms with E-state index in [-0.39, 0.29) is 6.61 Å². The first-order chi connectivity index (χ1) is 8.22. The van der Waals surface area contributed by atoms with E-state index in [1.807, 2.05) is 0 Å². The molecule has 1 aromatic heterocycles. The third-order valence-corrected chi connectivity index (χ3v) is 2.54. The minimum atomic E-state index is -0.959. The van der Waals surface area contributed by atoms with E-state index in [0.29, 0.717) is 22.5 Å². The van der Waals surface area contributed by atoms with Crippen LogP contribution < -0.4 is 10.4 Å². The van der Waals surface area contributed by atoms with Gasteiger partial charge in [-0.2, -0.15) is 0 Å². The Morgan fingerprint density at radius 3 is 2.94 bits per heavy atom. The van der Waals surface area contributed by atoms with Crippen molar-refractivity contribution < 1.29 is 14.4 Å². The van der Waals surface area contributed by atoms with Gasteiger partial charge in [0.05, 0.1) is 12.3 Å². The summed E-state index contributed by atoms with van der Waals surface area (Å²) < 4.78 is 4.56. The van der Waals surface area contributed by atoms with Gasteiger partial charge < -0.3 is 4.74 Å². The van der Waals surface area contributed by atoms with Crippen molar-refractivity contribution in [1.29, 1.82) is 0 Å². The molecule has 7 heteroatoms. The van der Waals surface area contributed by atoms with Crippen molar-refractivity contribution in [2.45, 2.75) is 32.6 Å². The van der Waals surface area contributed by atoms with Crippen molar-refractivity contribution in [3.05, 3.63) is 21.6 Å². The minimum absolute atomic E-state index is 0.173. The third kappa shape index (κ3) is 2.43. The van der Waals surface area contributed by atoms with Gasteiger partial charge in [0, 0.05) is 5.56 Å². The van der Waals surface area contributed by atoms with Crippen LogP contribution in [0.1, 0.15) is 31.0 Å². The summed E-state index contributed by atoms with van der Waals surface area (Å²) in [5.74, 6) is 0. The highest BCUT2D eigenvalue weighted by atomic mass is 16.8. The molecule has 0 spiro atoms. The second kappa shape index (κ2) is 4.94. The zero-order chi connectivity index (χ0) is 12.3. The summed E-state index contributed by atoms with van der Waals surface area (Å²) in [6.07, 6.45) is 2.38. The number of hydrogen-bond donors (Lipinski definition) is 0. The lowest BCUT2D eigenvalue weighted by Gasteiger charge is -2.13. The number of aryl methyl sites for hydroxylation is 1. The van der Waals surface area contributed by atoms with E-state index in [2.05, 4.69) is 19.9 Å². The maximum atomic E-state index is 11.9. The highest BCUT2D eigenvalue weighted by molar-refractivity contribution is 5.59. The fourth-order valence-electron chi connectivity index (χ4n) is 1.76. The second-order valence-electron chi connectivity index (χ2n) is 3.67. The Hall–Kier alpha value is -1.92. The number of carbonyl (C=O) groups excluding carboxylic acids is 1. The van der Waals surface area contributed by atoms with Crippen LogP contribution in [0, 0.1) is 0 Å². The molecule has 0 atom stereocenters. The first-order valence-corrected chi connectivity index (χ1v) is 5.55. The maximum absolute atomic E-state index is 11.9. The molecule has 1 aromatic rings. The molecule has 0 unspecified atom stereocenters. The number of rotatable bonds is 2. The van der Waals surface area contributed by atoms with E-state index in [9.17, 15) is 9.59 Å². The monoisotopic (exact) mass is 239 g/mol. The molecular formula is C10H13N3O4. The number of ether oxygens (including phenoxy) is 1. The van der Waals surface area contributed by atoms with Gasteiger partial charge in [-0.15, -0.1) is 5.10 Å². The molecule has 1 aliphatic rings. The lowest BCUT2D eigenvalue weighted by molar-refractivity contribution is 0.0321. The first-order valence-electron chi connectivity index (χ1n) is 5.55. The average molecular weight is 239 g/mol. The SMILES string of the molecule is CCOC(=O)On1nnc2c(c1=O)CCCC2. The molecule has 1 heterocycles. The lowest BCUT2D eigenvalue weighted by atomic mass is 9.98. The van der Waals surface area contributed by atoms with E-state index >= 15 is 0 Å². The van der Waals surface area contributed by atoms with Gasteiger partial charge in [-0.1, -0.05) is 0 Å². The molecule has 1 aliphatic carbocycles. The smallest absolute Gasteiger partial charge is 0.433 e. The Balaban J connectivity index is 2.24. The normalized spacial score (nSPS) is 13.9. The molecule has 7 nitrogen and oxygen atoms in total. The predicted molar refractivity (Wildman–Crippen MR) is 56.5 cm³/mol. The van der Waals surface area contributed by atoms with Gasteiger partial charge in [0.25, 0.3) is 0 Å². The zero-order valence-electron chi connectivity index (χ0n) is 9.51. The molecule has 0 aromatic carbocycles. The van der Waals surface area contributed by atoms with Crippen molar-refractivity contribution in [3.8, 4) is 0 Å². The summed E-state index contributed by atoms with van der Waals surface area (Å²) in [4.78, 5) is 28.1. The van der Waals surface area contributed by atoms with Crippen molar-refractivity contribution in [2.75, 3.05) is 6.61 Å². The molecule has 0 N–H and O–H groups in total. The average Bonchev–Trinajstić information content (AvgIpc) is 2.33. The molecule has 0 saturated heterocycles. The van der Waals surface area contributed by atoms with Gasteiger partial charge in [0.1, 0.15) is 0 Å². The standard InChI is InChI=1S/C10H13N3O4/c1-2-16-10(15)17-13-9(14)7-5-3-4-6-8(7)11-12-13/h2-6H2,1H3. The number of hydrogen-bond acceptors (Lipinski definition) is 6. The van der Waals surface area contributed by atoms with Gasteiger partial charge >= 0.3 is 11.7 Å². The molecule has 92 valence electrons. The second-order valence-corrected chi connectivity index (χ2v) is 3.67. The van der Waals surface area contributed by atoms with Crippen LogP contribution >= 0.6 is 0 Å². The fraction of sp³-hybridized carbons (Fsp3) is 0.600. The molecule has 17 heavy (non-hydrogen) atoms. The number of nitrogens with zero attached hydrogens (tertiary/aromatic N) is 3. The Kier molecular flexibility index (Phi) is 3.36. The van der Waals surface area contributed by atoms with E-state index in [1.54, 1.807) is 6.92 Å². The Bertz CT molecular complexity index is 483. The topological polar surface area (TPSA) is 83.3 Å². The van der Waals surface area contributed by atoms with Crippen LogP contribution in [0.15, 0.2) is 4.79 Å². The largest absolute Gasteiger partial charge is 0.535 e. The van der Waals surface area contributed by atoms with Crippen molar-refractivity contribution in [2.24, 2.45) is 0 Å². The molecule has 0 fully saturated rings. The van der Waals surface area contributed by atoms with Crippen molar-refractivity contribution in [3.63, 3.8) is 0 Å². The summed E-state index contributed by atoms with van der Waals surface area (Å²) >= 11 is 0. The van der Waals surface area contributed by atoms with Crippen LogP contribution in [0.3, 0.4) is 0 Å². The Labute approximate surface area is 97.3 Å². The van der Waals surface area contributed by atoms with Gasteiger partial charge in [-0.05, 0) is 42.7 Å². The molecule has 0 aliphatic heterocycles. The van der Waals surface area contributed by atoms with Crippen molar-refractivity contribution in [1.82, 2.24) is 15.2 Å². The van der Waals surface area contributed by atoms with Crippen LogP contribution in [0.4, 0.5) is 4.79 Å². The van der Waals surface area contributed by atoms with Gasteiger partial charge in [0.15, 0.2) is 0 Å². The fourth-order valence-corrected chi connectivity index (χ4v) is 1.76. The highest BCUT2D eigenvalue weighted by Crippen LogP contribution is 2.14. The summed E-state index contributed by atoms with van der Waals surface area (Å²) in [5, 5.41) is 7.42. The van der Waals surface area contributed by atoms with Crippen LogP contribution in [0.5, 0.6) is 0 Å². The van der Waals surface area contributed by atoms with E-state index in [4.69, 9.17) is 0 Å². The van der Waals surface area contributed by atoms with Crippen LogP contribution in [-0.2, 0) is 17.6 Å². The number of carbonyl (C=O) groups is 1. The number of aromatic nitrogens is 3. The molecular weight excluding hydrogens is 226 g/mol. The zero-order valence-corrected chi connectivity index (χ0v) is 9.51. The summed E-state index contributed by atoms with van der Waals surface area (Å²) in [7, 11) is 0. The molecule has 0 radical (unpaired) electrons. The van der Waals surface area contributed by atoms with Gasteiger partial charge in [0.2, 0.25) is 0 Å². The van der Waals surface area contributed by atoms with Crippen molar-refractivity contribution >= 4 is 6.16 Å². The van der Waals surface area contributed by atoms with E-state index < -0.39 is 11.7 Å². The maximum Gasteiger partial charge on any atom is 0.535 e. The summed E-state index contributed by atoms with van der Waals surface area (Å²) in [6, 6.07) is 0. The number of fused-ring (bicyclic) bond motifs is 1. The van der Waals surface area contributed by atoms with E-state index in [0.717, 1.165) is 19.3 Å². The van der Waals surface area contributed by atoms with Gasteiger partial charge in [-0.25, -0.2) is 4.79 Å². The summed E-state index contributed by atoms with van der Waals surface area (Å²) in [5.41, 5.74) is 0.850. The first kappa shape index (κ1) is 11.6. The van der Waals surface area contributed by atoms with Crippen LogP contribution in [-0.4, -0.2) is 27.9 Å². The Morgan fingerprint density at radius 2 is 2.18 bits per heavy atom. The minimum Gasteiger partial charge on any atom is -0.433 e. The lowest BCUT2D eigenvalue weighted by Crippen LogP contribution is -2.37. The molecule has 2 rings (SSSR count). The van der Waals surface area contributed by atoms with Crippen LogP contribution in [0.2, 0.25) is 0 Å². The molecule has 0 bridgehead atoms. The quantitative estimate of drug-likeness (QED) is 0.537. The molecule has 0 amide bonds. The third-order valence-electron chi connectivity index (χ3n) is 2.54. The molecule has 0 saturated carbocycles. The predicted octanol–water partition coefficient (Wildman–Crippen LogP) is 0.102. The van der Waals surface area contributed by atoms with Gasteiger partial charge in [-0.3, -0.25) is 9.63 Å². The Morgan fingerprint density at radius 1 is 1.41 bits per heavy atom.